The fraction of sp³-hybridized carbons (Fsp3) is 0.353. The van der Waals surface area contributed by atoms with Crippen LogP contribution in [0.4, 0.5) is 0 Å². The van der Waals surface area contributed by atoms with Gasteiger partial charge in [0.25, 0.3) is 0 Å². The maximum absolute atomic E-state index is 5.90. The summed E-state index contributed by atoms with van der Waals surface area (Å²) in [6.07, 6.45) is 2.53. The van der Waals surface area contributed by atoms with E-state index in [4.69, 9.17) is 8.94 Å². The van der Waals surface area contributed by atoms with Crippen LogP contribution in [0.1, 0.15) is 37.5 Å². The quantitative estimate of drug-likeness (QED) is 0.694. The van der Waals surface area contributed by atoms with Crippen LogP contribution < -0.4 is 0 Å². The van der Waals surface area contributed by atoms with Gasteiger partial charge in [0.15, 0.2) is 11.6 Å². The largest absolute Gasteiger partial charge is 0.439 e. The normalized spacial score (nSPS) is 12.7. The van der Waals surface area contributed by atoms with Crippen molar-refractivity contribution in [3.8, 4) is 11.3 Å². The molecule has 1 aromatic carbocycles. The van der Waals surface area contributed by atoms with E-state index in [1.54, 1.807) is 6.20 Å². The molecule has 0 aliphatic heterocycles. The average Bonchev–Trinajstić information content (AvgIpc) is 3.24. The van der Waals surface area contributed by atoms with Gasteiger partial charge in [0, 0.05) is 12.0 Å². The summed E-state index contributed by atoms with van der Waals surface area (Å²) in [7, 11) is 1.98. The van der Waals surface area contributed by atoms with Crippen LogP contribution in [-0.2, 0) is 13.0 Å². The first-order valence-electron chi connectivity index (χ1n) is 7.70. The lowest BCUT2D eigenvalue weighted by Gasteiger charge is -2.19. The molecule has 2 aromatic heterocycles. The summed E-state index contributed by atoms with van der Waals surface area (Å²) in [4.78, 5) is 10.8. The van der Waals surface area contributed by atoms with Crippen molar-refractivity contribution < 1.29 is 8.94 Å². The Bertz CT molecular complexity index is 751. The van der Waals surface area contributed by atoms with Crippen molar-refractivity contribution in [3.05, 3.63) is 54.1 Å². The maximum atomic E-state index is 5.90. The molecule has 0 aliphatic carbocycles. The SMILES string of the molecule is CCc1noc(CN(C)[C@H](C)c2ncc(-c3ccccc3)o2)n1. The van der Waals surface area contributed by atoms with E-state index in [9.17, 15) is 0 Å². The lowest BCUT2D eigenvalue weighted by molar-refractivity contribution is 0.191. The van der Waals surface area contributed by atoms with Gasteiger partial charge in [-0.2, -0.15) is 4.98 Å². The van der Waals surface area contributed by atoms with E-state index in [0.29, 0.717) is 18.3 Å². The van der Waals surface area contributed by atoms with Gasteiger partial charge in [0.1, 0.15) is 0 Å². The lowest BCUT2D eigenvalue weighted by atomic mass is 10.2. The van der Waals surface area contributed by atoms with Crippen molar-refractivity contribution >= 4 is 0 Å². The van der Waals surface area contributed by atoms with E-state index < -0.39 is 0 Å². The predicted molar refractivity (Wildman–Crippen MR) is 85.5 cm³/mol. The van der Waals surface area contributed by atoms with E-state index >= 15 is 0 Å². The Kier molecular flexibility index (Phi) is 4.52. The smallest absolute Gasteiger partial charge is 0.240 e. The van der Waals surface area contributed by atoms with Gasteiger partial charge in [-0.05, 0) is 14.0 Å². The first-order valence-corrected chi connectivity index (χ1v) is 7.70. The van der Waals surface area contributed by atoms with Crippen LogP contribution in [0.2, 0.25) is 0 Å². The summed E-state index contributed by atoms with van der Waals surface area (Å²) >= 11 is 0. The summed E-state index contributed by atoms with van der Waals surface area (Å²) in [6.45, 7) is 4.59. The molecular weight excluding hydrogens is 292 g/mol. The Morgan fingerprint density at radius 1 is 1.22 bits per heavy atom. The van der Waals surface area contributed by atoms with Crippen molar-refractivity contribution in [2.75, 3.05) is 7.05 Å². The topological polar surface area (TPSA) is 68.2 Å². The molecule has 2 heterocycles. The van der Waals surface area contributed by atoms with Crippen LogP contribution in [-0.4, -0.2) is 27.1 Å². The molecule has 3 aromatic rings. The molecule has 120 valence electrons. The number of benzene rings is 1. The highest BCUT2D eigenvalue weighted by atomic mass is 16.5. The Morgan fingerprint density at radius 2 is 2.00 bits per heavy atom. The van der Waals surface area contributed by atoms with Gasteiger partial charge in [-0.3, -0.25) is 4.90 Å². The van der Waals surface area contributed by atoms with E-state index in [1.165, 1.54) is 0 Å². The van der Waals surface area contributed by atoms with Gasteiger partial charge >= 0.3 is 0 Å². The van der Waals surface area contributed by atoms with Gasteiger partial charge in [-0.1, -0.05) is 42.4 Å². The third-order valence-electron chi connectivity index (χ3n) is 3.81. The third kappa shape index (κ3) is 3.48. The zero-order chi connectivity index (χ0) is 16.2. The van der Waals surface area contributed by atoms with Crippen molar-refractivity contribution in [1.29, 1.82) is 0 Å². The Morgan fingerprint density at radius 3 is 2.70 bits per heavy atom. The number of hydrogen-bond donors (Lipinski definition) is 0. The van der Waals surface area contributed by atoms with Gasteiger partial charge in [0.05, 0.1) is 18.8 Å². The summed E-state index contributed by atoms with van der Waals surface area (Å²) in [6, 6.07) is 9.95. The van der Waals surface area contributed by atoms with Gasteiger partial charge in [-0.25, -0.2) is 4.98 Å². The number of nitrogens with zero attached hydrogens (tertiary/aromatic N) is 4. The minimum Gasteiger partial charge on any atom is -0.439 e. The first kappa shape index (κ1) is 15.4. The number of aryl methyl sites for hydroxylation is 1. The molecule has 0 bridgehead atoms. The van der Waals surface area contributed by atoms with Gasteiger partial charge < -0.3 is 8.94 Å². The minimum atomic E-state index is 0.00411. The molecule has 0 fully saturated rings. The van der Waals surface area contributed by atoms with Gasteiger partial charge in [0.2, 0.25) is 11.8 Å². The molecule has 6 heteroatoms. The Balaban J connectivity index is 1.70. The van der Waals surface area contributed by atoms with E-state index in [-0.39, 0.29) is 6.04 Å². The number of aromatic nitrogens is 3. The molecule has 0 radical (unpaired) electrons. The van der Waals surface area contributed by atoms with Crippen molar-refractivity contribution in [2.45, 2.75) is 32.9 Å². The van der Waals surface area contributed by atoms with Crippen molar-refractivity contribution in [3.63, 3.8) is 0 Å². The lowest BCUT2D eigenvalue weighted by Crippen LogP contribution is -2.22. The highest BCUT2D eigenvalue weighted by Crippen LogP contribution is 2.25. The summed E-state index contributed by atoms with van der Waals surface area (Å²) in [5.41, 5.74) is 1.02. The molecule has 23 heavy (non-hydrogen) atoms. The van der Waals surface area contributed by atoms with E-state index in [0.717, 1.165) is 23.6 Å². The second kappa shape index (κ2) is 6.75. The molecule has 0 saturated heterocycles. The fourth-order valence-corrected chi connectivity index (χ4v) is 2.25. The molecule has 6 nitrogen and oxygen atoms in total. The number of oxazole rings is 1. The molecular formula is C17H20N4O2. The second-order valence-electron chi connectivity index (χ2n) is 5.48. The molecule has 0 unspecified atom stereocenters. The number of hydrogen-bond acceptors (Lipinski definition) is 6. The molecule has 0 spiro atoms. The van der Waals surface area contributed by atoms with Crippen LogP contribution in [0.15, 0.2) is 45.5 Å². The third-order valence-corrected chi connectivity index (χ3v) is 3.81. The monoisotopic (exact) mass is 312 g/mol. The fourth-order valence-electron chi connectivity index (χ4n) is 2.25. The highest BCUT2D eigenvalue weighted by Gasteiger charge is 2.20. The maximum Gasteiger partial charge on any atom is 0.240 e. The van der Waals surface area contributed by atoms with Crippen LogP contribution in [0, 0.1) is 0 Å². The van der Waals surface area contributed by atoms with E-state index in [1.807, 2.05) is 51.2 Å². The molecule has 0 amide bonds. The minimum absolute atomic E-state index is 0.00411. The number of rotatable bonds is 6. The summed E-state index contributed by atoms with van der Waals surface area (Å²) < 4.78 is 11.1. The van der Waals surface area contributed by atoms with Crippen LogP contribution in [0.25, 0.3) is 11.3 Å². The van der Waals surface area contributed by atoms with E-state index in [2.05, 4.69) is 20.0 Å². The molecule has 3 rings (SSSR count). The predicted octanol–water partition coefficient (Wildman–Crippen LogP) is 3.48. The molecule has 0 N–H and O–H groups in total. The summed E-state index contributed by atoms with van der Waals surface area (Å²) in [5, 5.41) is 3.91. The Labute approximate surface area is 135 Å². The van der Waals surface area contributed by atoms with Crippen LogP contribution >= 0.6 is 0 Å². The Hall–Kier alpha value is -2.47. The van der Waals surface area contributed by atoms with Crippen molar-refractivity contribution in [2.24, 2.45) is 0 Å². The molecule has 0 saturated carbocycles. The zero-order valence-corrected chi connectivity index (χ0v) is 13.6. The average molecular weight is 312 g/mol. The first-order chi connectivity index (χ1) is 11.2. The summed E-state index contributed by atoms with van der Waals surface area (Å²) in [5.74, 6) is 2.77. The van der Waals surface area contributed by atoms with Crippen molar-refractivity contribution in [1.82, 2.24) is 20.0 Å². The van der Waals surface area contributed by atoms with Crippen LogP contribution in [0.5, 0.6) is 0 Å². The standard InChI is InChI=1S/C17H20N4O2/c1-4-15-19-16(23-20-15)11-21(3)12(2)17-18-10-14(22-17)13-8-6-5-7-9-13/h5-10,12H,4,11H2,1-3H3/t12-/m1/s1. The van der Waals surface area contributed by atoms with Gasteiger partial charge in [-0.15, -0.1) is 0 Å². The zero-order valence-electron chi connectivity index (χ0n) is 13.6. The molecule has 1 atom stereocenters. The molecule has 0 aliphatic rings. The van der Waals surface area contributed by atoms with Crippen LogP contribution in [0.3, 0.4) is 0 Å². The highest BCUT2D eigenvalue weighted by molar-refractivity contribution is 5.55. The second-order valence-corrected chi connectivity index (χ2v) is 5.48.